The maximum absolute atomic E-state index is 11.6. The van der Waals surface area contributed by atoms with Crippen LogP contribution in [0, 0.1) is 0 Å². The van der Waals surface area contributed by atoms with Gasteiger partial charge in [-0.2, -0.15) is 0 Å². The number of likely N-dealkylation sites (N-methyl/N-ethyl adjacent to an activating group) is 1. The van der Waals surface area contributed by atoms with E-state index in [9.17, 15) is 9.59 Å². The number of aromatic amines is 1. The fourth-order valence-electron chi connectivity index (χ4n) is 2.06. The Morgan fingerprint density at radius 3 is 3.06 bits per heavy atom. The van der Waals surface area contributed by atoms with Gasteiger partial charge >= 0.3 is 5.69 Å². The summed E-state index contributed by atoms with van der Waals surface area (Å²) in [7, 11) is 0. The number of ether oxygens (including phenoxy) is 1. The van der Waals surface area contributed by atoms with Crippen LogP contribution >= 0.6 is 0 Å². The summed E-state index contributed by atoms with van der Waals surface area (Å²) in [5, 5.41) is 0. The summed E-state index contributed by atoms with van der Waals surface area (Å²) in [6.45, 7) is 5.80. The van der Waals surface area contributed by atoms with Crippen molar-refractivity contribution in [2.75, 3.05) is 32.0 Å². The van der Waals surface area contributed by atoms with Gasteiger partial charge in [0.2, 0.25) is 0 Å². The number of nitrogen functional groups attached to an aromatic ring is 1. The van der Waals surface area contributed by atoms with Gasteiger partial charge in [-0.25, -0.2) is 4.79 Å². The Morgan fingerprint density at radius 1 is 1.56 bits per heavy atom. The number of aromatic nitrogens is 2. The summed E-state index contributed by atoms with van der Waals surface area (Å²) in [6, 6.07) is 0. The topological polar surface area (TPSA) is 93.3 Å². The fourth-order valence-corrected chi connectivity index (χ4v) is 2.06. The SMILES string of the molecule is CCN1CCOC(Cn2cc(N)c(=O)[nH]c2=O)C1. The molecule has 100 valence electrons. The van der Waals surface area contributed by atoms with Crippen molar-refractivity contribution in [2.24, 2.45) is 0 Å². The van der Waals surface area contributed by atoms with E-state index in [1.807, 2.05) is 0 Å². The van der Waals surface area contributed by atoms with Gasteiger partial charge in [-0.15, -0.1) is 0 Å². The molecule has 0 radical (unpaired) electrons. The van der Waals surface area contributed by atoms with E-state index >= 15 is 0 Å². The van der Waals surface area contributed by atoms with Gasteiger partial charge in [-0.1, -0.05) is 6.92 Å². The first-order valence-corrected chi connectivity index (χ1v) is 6.03. The molecule has 3 N–H and O–H groups in total. The van der Waals surface area contributed by atoms with Crippen LogP contribution in [0.1, 0.15) is 6.92 Å². The fraction of sp³-hybridized carbons (Fsp3) is 0.636. The number of nitrogens with zero attached hydrogens (tertiary/aromatic N) is 2. The average Bonchev–Trinajstić information content (AvgIpc) is 2.36. The summed E-state index contributed by atoms with van der Waals surface area (Å²) >= 11 is 0. The van der Waals surface area contributed by atoms with Crippen molar-refractivity contribution in [3.63, 3.8) is 0 Å². The molecule has 1 aromatic rings. The Labute approximate surface area is 104 Å². The third-order valence-electron chi connectivity index (χ3n) is 3.11. The lowest BCUT2D eigenvalue weighted by Gasteiger charge is -2.32. The molecule has 0 amide bonds. The Kier molecular flexibility index (Phi) is 3.83. The standard InChI is InChI=1S/C11H18N4O3/c1-2-14-3-4-18-8(5-14)6-15-7-9(12)10(16)13-11(15)17/h7-8H,2-6,12H2,1H3,(H,13,16,17). The smallest absolute Gasteiger partial charge is 0.328 e. The summed E-state index contributed by atoms with van der Waals surface area (Å²) < 4.78 is 6.99. The van der Waals surface area contributed by atoms with Crippen LogP contribution in [0.15, 0.2) is 15.8 Å². The second kappa shape index (κ2) is 5.36. The van der Waals surface area contributed by atoms with Crippen molar-refractivity contribution in [1.29, 1.82) is 0 Å². The number of nitrogens with one attached hydrogen (secondary N) is 1. The number of hydrogen-bond acceptors (Lipinski definition) is 5. The van der Waals surface area contributed by atoms with Crippen LogP contribution in [0.5, 0.6) is 0 Å². The molecule has 18 heavy (non-hydrogen) atoms. The molecule has 7 heteroatoms. The molecule has 0 aliphatic carbocycles. The molecule has 1 aromatic heterocycles. The van der Waals surface area contributed by atoms with Gasteiger partial charge in [0, 0.05) is 19.3 Å². The van der Waals surface area contributed by atoms with E-state index in [0.717, 1.165) is 19.6 Å². The zero-order chi connectivity index (χ0) is 13.1. The van der Waals surface area contributed by atoms with Crippen LogP contribution in [0.2, 0.25) is 0 Å². The predicted molar refractivity (Wildman–Crippen MR) is 67.6 cm³/mol. The lowest BCUT2D eigenvalue weighted by molar-refractivity contribution is -0.0348. The van der Waals surface area contributed by atoms with Crippen LogP contribution < -0.4 is 17.0 Å². The Hall–Kier alpha value is -1.60. The first kappa shape index (κ1) is 12.8. The molecule has 0 aromatic carbocycles. The molecule has 1 aliphatic rings. The monoisotopic (exact) mass is 254 g/mol. The van der Waals surface area contributed by atoms with Gasteiger partial charge < -0.3 is 10.5 Å². The first-order valence-electron chi connectivity index (χ1n) is 6.03. The van der Waals surface area contributed by atoms with Crippen molar-refractivity contribution in [3.8, 4) is 0 Å². The van der Waals surface area contributed by atoms with Gasteiger partial charge in [0.15, 0.2) is 0 Å². The highest BCUT2D eigenvalue weighted by molar-refractivity contribution is 5.30. The number of H-pyrrole nitrogens is 1. The highest BCUT2D eigenvalue weighted by Crippen LogP contribution is 2.06. The molecule has 1 aliphatic heterocycles. The molecular formula is C11H18N4O3. The lowest BCUT2D eigenvalue weighted by atomic mass is 10.2. The van der Waals surface area contributed by atoms with Crippen LogP contribution in [-0.4, -0.2) is 46.8 Å². The van der Waals surface area contributed by atoms with E-state index in [-0.39, 0.29) is 11.8 Å². The van der Waals surface area contributed by atoms with Gasteiger partial charge in [0.05, 0.1) is 19.3 Å². The van der Waals surface area contributed by atoms with Gasteiger partial charge in [0.1, 0.15) is 5.69 Å². The molecule has 0 saturated carbocycles. The number of hydrogen-bond donors (Lipinski definition) is 2. The van der Waals surface area contributed by atoms with Crippen LogP contribution in [0.3, 0.4) is 0 Å². The third kappa shape index (κ3) is 2.80. The summed E-state index contributed by atoms with van der Waals surface area (Å²) in [6.07, 6.45) is 1.32. The van der Waals surface area contributed by atoms with Crippen molar-refractivity contribution in [2.45, 2.75) is 19.6 Å². The normalized spacial score (nSPS) is 21.1. The quantitative estimate of drug-likeness (QED) is 0.709. The maximum atomic E-state index is 11.6. The Balaban J connectivity index is 2.12. The second-order valence-electron chi connectivity index (χ2n) is 4.38. The maximum Gasteiger partial charge on any atom is 0.328 e. The van der Waals surface area contributed by atoms with E-state index in [1.165, 1.54) is 10.8 Å². The van der Waals surface area contributed by atoms with Crippen molar-refractivity contribution >= 4 is 5.69 Å². The number of anilines is 1. The molecule has 0 spiro atoms. The number of rotatable bonds is 3. The van der Waals surface area contributed by atoms with E-state index < -0.39 is 11.2 Å². The molecule has 1 saturated heterocycles. The Morgan fingerprint density at radius 2 is 2.33 bits per heavy atom. The second-order valence-corrected chi connectivity index (χ2v) is 4.38. The molecule has 1 fully saturated rings. The first-order chi connectivity index (χ1) is 8.60. The summed E-state index contributed by atoms with van der Waals surface area (Å²) in [4.78, 5) is 27.2. The van der Waals surface area contributed by atoms with Gasteiger partial charge in [0.25, 0.3) is 5.56 Å². The van der Waals surface area contributed by atoms with Crippen molar-refractivity contribution in [1.82, 2.24) is 14.5 Å². The van der Waals surface area contributed by atoms with Crippen LogP contribution in [0.25, 0.3) is 0 Å². The zero-order valence-corrected chi connectivity index (χ0v) is 10.4. The van der Waals surface area contributed by atoms with Crippen molar-refractivity contribution in [3.05, 3.63) is 27.0 Å². The van der Waals surface area contributed by atoms with Crippen LogP contribution in [0.4, 0.5) is 5.69 Å². The highest BCUT2D eigenvalue weighted by Gasteiger charge is 2.20. The highest BCUT2D eigenvalue weighted by atomic mass is 16.5. The third-order valence-corrected chi connectivity index (χ3v) is 3.11. The van der Waals surface area contributed by atoms with Gasteiger partial charge in [-0.05, 0) is 6.54 Å². The summed E-state index contributed by atoms with van der Waals surface area (Å²) in [5.41, 5.74) is 4.54. The Bertz CT molecular complexity index is 522. The number of nitrogens with two attached hydrogens (primary N) is 1. The molecule has 1 unspecified atom stereocenters. The van der Waals surface area contributed by atoms with Crippen molar-refractivity contribution < 1.29 is 4.74 Å². The average molecular weight is 254 g/mol. The van der Waals surface area contributed by atoms with Gasteiger partial charge in [-0.3, -0.25) is 19.2 Å². The minimum atomic E-state index is -0.545. The minimum absolute atomic E-state index is 0.0396. The van der Waals surface area contributed by atoms with E-state index in [4.69, 9.17) is 10.5 Å². The summed E-state index contributed by atoms with van der Waals surface area (Å²) in [5.74, 6) is 0. The van der Waals surface area contributed by atoms with Crippen LogP contribution in [-0.2, 0) is 11.3 Å². The van der Waals surface area contributed by atoms with E-state index in [0.29, 0.717) is 13.2 Å². The zero-order valence-electron chi connectivity index (χ0n) is 10.4. The molecular weight excluding hydrogens is 236 g/mol. The van der Waals surface area contributed by atoms with E-state index in [1.54, 1.807) is 0 Å². The molecule has 2 rings (SSSR count). The number of morpholine rings is 1. The predicted octanol–water partition coefficient (Wildman–Crippen LogP) is -1.16. The molecule has 1 atom stereocenters. The molecule has 0 bridgehead atoms. The molecule has 7 nitrogen and oxygen atoms in total. The molecule has 2 heterocycles. The minimum Gasteiger partial charge on any atom is -0.393 e. The largest absolute Gasteiger partial charge is 0.393 e. The lowest BCUT2D eigenvalue weighted by Crippen LogP contribution is -2.45. The van der Waals surface area contributed by atoms with E-state index in [2.05, 4.69) is 16.8 Å².